The number of hydrogen-bond donors (Lipinski definition) is 1. The molecule has 1 atom stereocenters. The van der Waals surface area contributed by atoms with Crippen LogP contribution in [0.4, 0.5) is 0 Å². The van der Waals surface area contributed by atoms with Crippen molar-refractivity contribution in [2.45, 2.75) is 33.7 Å². The van der Waals surface area contributed by atoms with Crippen LogP contribution in [0, 0.1) is 17.2 Å². The van der Waals surface area contributed by atoms with Crippen molar-refractivity contribution in [3.05, 3.63) is 65.2 Å². The lowest BCUT2D eigenvalue weighted by atomic mass is 10.1. The van der Waals surface area contributed by atoms with Gasteiger partial charge < -0.3 is 14.8 Å². The molecule has 0 aliphatic carbocycles. The van der Waals surface area contributed by atoms with Crippen LogP contribution in [0.3, 0.4) is 0 Å². The molecule has 0 aromatic heterocycles. The summed E-state index contributed by atoms with van der Waals surface area (Å²) in [5, 5.41) is 12.3. The van der Waals surface area contributed by atoms with Gasteiger partial charge in [0.1, 0.15) is 11.6 Å². The van der Waals surface area contributed by atoms with Gasteiger partial charge in [-0.15, -0.1) is 0 Å². The molecule has 0 heterocycles. The van der Waals surface area contributed by atoms with Gasteiger partial charge in [-0.05, 0) is 49.1 Å². The summed E-state index contributed by atoms with van der Waals surface area (Å²) in [6, 6.07) is 16.8. The molecule has 0 bridgehead atoms. The van der Waals surface area contributed by atoms with E-state index in [4.69, 9.17) is 9.47 Å². The van der Waals surface area contributed by atoms with E-state index in [2.05, 4.69) is 19.2 Å². The molecule has 2 aromatic carbocycles. The Morgan fingerprint density at radius 3 is 2.45 bits per heavy atom. The van der Waals surface area contributed by atoms with Crippen LogP contribution in [0.25, 0.3) is 6.08 Å². The Morgan fingerprint density at radius 1 is 1.10 bits per heavy atom. The number of rotatable bonds is 9. The molecule has 5 heteroatoms. The molecule has 5 nitrogen and oxygen atoms in total. The van der Waals surface area contributed by atoms with E-state index in [0.717, 1.165) is 5.56 Å². The maximum Gasteiger partial charge on any atom is 0.262 e. The van der Waals surface area contributed by atoms with Crippen LogP contribution in [-0.4, -0.2) is 19.1 Å². The van der Waals surface area contributed by atoms with Crippen molar-refractivity contribution >= 4 is 12.0 Å². The highest BCUT2D eigenvalue weighted by Gasteiger charge is 2.14. The molecule has 0 unspecified atom stereocenters. The summed E-state index contributed by atoms with van der Waals surface area (Å²) in [6.45, 7) is 9.01. The second kappa shape index (κ2) is 10.9. The summed E-state index contributed by atoms with van der Waals surface area (Å²) >= 11 is 0. The molecular formula is C24H28N2O3. The predicted molar refractivity (Wildman–Crippen MR) is 115 cm³/mol. The number of hydrogen-bond acceptors (Lipinski definition) is 4. The average molecular weight is 392 g/mol. The van der Waals surface area contributed by atoms with Gasteiger partial charge in [0.15, 0.2) is 11.5 Å². The average Bonchev–Trinajstić information content (AvgIpc) is 2.72. The Labute approximate surface area is 173 Å². The predicted octanol–water partition coefficient (Wildman–Crippen LogP) is 4.90. The third-order valence-corrected chi connectivity index (χ3v) is 4.16. The van der Waals surface area contributed by atoms with Crippen LogP contribution >= 0.6 is 0 Å². The van der Waals surface area contributed by atoms with Gasteiger partial charge in [-0.2, -0.15) is 5.26 Å². The lowest BCUT2D eigenvalue weighted by Crippen LogP contribution is -2.27. The van der Waals surface area contributed by atoms with E-state index in [1.54, 1.807) is 18.2 Å². The second-order valence-corrected chi connectivity index (χ2v) is 7.12. The fourth-order valence-electron chi connectivity index (χ4n) is 2.67. The third-order valence-electron chi connectivity index (χ3n) is 4.16. The molecule has 0 spiro atoms. The summed E-state index contributed by atoms with van der Waals surface area (Å²) in [6.07, 6.45) is 1.56. The quantitative estimate of drug-likeness (QED) is 0.486. The molecule has 1 N–H and O–H groups in total. The SMILES string of the molecule is CCOc1cc(/C=C(\C#N)C(=O)N[C@@H](C)c2ccccc2)ccc1OCC(C)C. The first-order valence-electron chi connectivity index (χ1n) is 9.81. The minimum atomic E-state index is -0.415. The Kier molecular flexibility index (Phi) is 8.29. The molecule has 0 aliphatic rings. The van der Waals surface area contributed by atoms with Crippen molar-refractivity contribution in [1.29, 1.82) is 5.26 Å². The van der Waals surface area contributed by atoms with E-state index in [1.165, 1.54) is 0 Å². The van der Waals surface area contributed by atoms with Gasteiger partial charge in [-0.3, -0.25) is 4.79 Å². The maximum atomic E-state index is 12.6. The number of carbonyl (C=O) groups excluding carboxylic acids is 1. The zero-order valence-corrected chi connectivity index (χ0v) is 17.4. The molecule has 2 aromatic rings. The minimum Gasteiger partial charge on any atom is -0.490 e. The number of nitrogens with zero attached hydrogens (tertiary/aromatic N) is 1. The van der Waals surface area contributed by atoms with Gasteiger partial charge in [0.2, 0.25) is 0 Å². The highest BCUT2D eigenvalue weighted by molar-refractivity contribution is 6.01. The molecule has 1 amide bonds. The van der Waals surface area contributed by atoms with Crippen molar-refractivity contribution in [3.63, 3.8) is 0 Å². The molecule has 152 valence electrons. The first-order chi connectivity index (χ1) is 13.9. The van der Waals surface area contributed by atoms with Crippen molar-refractivity contribution in [3.8, 4) is 17.6 Å². The molecule has 29 heavy (non-hydrogen) atoms. The zero-order valence-electron chi connectivity index (χ0n) is 17.4. The topological polar surface area (TPSA) is 71.3 Å². The number of benzene rings is 2. The molecule has 0 fully saturated rings. The molecule has 2 rings (SSSR count). The van der Waals surface area contributed by atoms with Crippen molar-refractivity contribution in [2.24, 2.45) is 5.92 Å². The molecule has 0 aliphatic heterocycles. The Bertz CT molecular complexity index is 883. The first kappa shape index (κ1) is 22.0. The monoisotopic (exact) mass is 392 g/mol. The van der Waals surface area contributed by atoms with E-state index >= 15 is 0 Å². The number of amides is 1. The van der Waals surface area contributed by atoms with E-state index in [0.29, 0.717) is 36.2 Å². The van der Waals surface area contributed by atoms with Gasteiger partial charge in [0, 0.05) is 0 Å². The normalized spacial score (nSPS) is 12.2. The van der Waals surface area contributed by atoms with Gasteiger partial charge >= 0.3 is 0 Å². The van der Waals surface area contributed by atoms with Crippen LogP contribution in [-0.2, 0) is 4.79 Å². The van der Waals surface area contributed by atoms with Gasteiger partial charge in [0.05, 0.1) is 19.3 Å². The van der Waals surface area contributed by atoms with E-state index in [-0.39, 0.29) is 11.6 Å². The fourth-order valence-corrected chi connectivity index (χ4v) is 2.67. The van der Waals surface area contributed by atoms with Crippen molar-refractivity contribution in [2.75, 3.05) is 13.2 Å². The number of carbonyl (C=O) groups is 1. The Hall–Kier alpha value is -3.26. The summed E-state index contributed by atoms with van der Waals surface area (Å²) in [4.78, 5) is 12.6. The lowest BCUT2D eigenvalue weighted by Gasteiger charge is -2.15. The van der Waals surface area contributed by atoms with E-state index in [1.807, 2.05) is 56.3 Å². The fraction of sp³-hybridized carbons (Fsp3) is 0.333. The van der Waals surface area contributed by atoms with E-state index in [9.17, 15) is 10.1 Å². The maximum absolute atomic E-state index is 12.6. The minimum absolute atomic E-state index is 0.0334. The standard InChI is InChI=1S/C24H28N2O3/c1-5-28-23-14-19(11-12-22(23)29-16-17(2)3)13-21(15-25)24(27)26-18(4)20-9-7-6-8-10-20/h6-14,17-18H,5,16H2,1-4H3,(H,26,27)/b21-13+/t18-/m0/s1. The van der Waals surface area contributed by atoms with Crippen LogP contribution in [0.5, 0.6) is 11.5 Å². The van der Waals surface area contributed by atoms with Crippen molar-refractivity contribution < 1.29 is 14.3 Å². The van der Waals surface area contributed by atoms with Crippen LogP contribution < -0.4 is 14.8 Å². The molecular weight excluding hydrogens is 364 g/mol. The summed E-state index contributed by atoms with van der Waals surface area (Å²) in [5.74, 6) is 1.22. The second-order valence-electron chi connectivity index (χ2n) is 7.12. The third kappa shape index (κ3) is 6.69. The molecule has 0 saturated heterocycles. The summed E-state index contributed by atoms with van der Waals surface area (Å²) in [5.41, 5.74) is 1.71. The van der Waals surface area contributed by atoms with E-state index < -0.39 is 5.91 Å². The van der Waals surface area contributed by atoms with Crippen LogP contribution in [0.2, 0.25) is 0 Å². The van der Waals surface area contributed by atoms with Gasteiger partial charge in [-0.25, -0.2) is 0 Å². The van der Waals surface area contributed by atoms with Crippen LogP contribution in [0.1, 0.15) is 44.9 Å². The molecule has 0 radical (unpaired) electrons. The highest BCUT2D eigenvalue weighted by atomic mass is 16.5. The van der Waals surface area contributed by atoms with Gasteiger partial charge in [-0.1, -0.05) is 50.2 Å². The number of nitriles is 1. The number of nitrogens with one attached hydrogen (secondary N) is 1. The number of ether oxygens (including phenoxy) is 2. The lowest BCUT2D eigenvalue weighted by molar-refractivity contribution is -0.117. The van der Waals surface area contributed by atoms with Gasteiger partial charge in [0.25, 0.3) is 5.91 Å². The largest absolute Gasteiger partial charge is 0.490 e. The summed E-state index contributed by atoms with van der Waals surface area (Å²) in [7, 11) is 0. The zero-order chi connectivity index (χ0) is 21.2. The van der Waals surface area contributed by atoms with Crippen molar-refractivity contribution in [1.82, 2.24) is 5.32 Å². The smallest absolute Gasteiger partial charge is 0.262 e. The first-order valence-corrected chi connectivity index (χ1v) is 9.81. The Balaban J connectivity index is 2.19. The molecule has 0 saturated carbocycles. The highest BCUT2D eigenvalue weighted by Crippen LogP contribution is 2.30. The Morgan fingerprint density at radius 2 is 1.83 bits per heavy atom. The summed E-state index contributed by atoms with van der Waals surface area (Å²) < 4.78 is 11.5. The van der Waals surface area contributed by atoms with Crippen LogP contribution in [0.15, 0.2) is 54.1 Å².